The molecule has 1 N–H and O–H groups in total. The standard InChI is InChI=1S/C15H18ClN3O2/c1-18(2)9-8-17-13-12(16)14(20)19(15(13)21)10-11-6-4-3-5-7-11/h3-7,12H,8-10H2,1-2H3/p+1. The van der Waals surface area contributed by atoms with Gasteiger partial charge in [-0.05, 0) is 5.56 Å². The summed E-state index contributed by atoms with van der Waals surface area (Å²) in [6.45, 7) is 1.51. The average Bonchev–Trinajstić information content (AvgIpc) is 2.65. The second-order valence-corrected chi connectivity index (χ2v) is 5.74. The van der Waals surface area contributed by atoms with E-state index in [1.807, 2.05) is 44.4 Å². The number of likely N-dealkylation sites (N-methyl/N-ethyl adjacent to an activating group) is 1. The van der Waals surface area contributed by atoms with E-state index < -0.39 is 5.38 Å². The van der Waals surface area contributed by atoms with Crippen LogP contribution in [0.3, 0.4) is 0 Å². The molecule has 1 aliphatic heterocycles. The van der Waals surface area contributed by atoms with Crippen LogP contribution in [0.25, 0.3) is 0 Å². The van der Waals surface area contributed by atoms with Gasteiger partial charge in [-0.1, -0.05) is 30.3 Å². The third-order valence-electron chi connectivity index (χ3n) is 3.26. The maximum atomic E-state index is 12.3. The summed E-state index contributed by atoms with van der Waals surface area (Å²) in [5.74, 6) is -0.765. The van der Waals surface area contributed by atoms with Crippen molar-refractivity contribution < 1.29 is 14.5 Å². The Morgan fingerprint density at radius 1 is 1.24 bits per heavy atom. The summed E-state index contributed by atoms with van der Waals surface area (Å²) >= 11 is 6.05. The molecule has 1 aliphatic rings. The molecule has 0 aliphatic carbocycles. The van der Waals surface area contributed by atoms with E-state index in [1.54, 1.807) is 0 Å². The van der Waals surface area contributed by atoms with E-state index in [1.165, 1.54) is 9.80 Å². The van der Waals surface area contributed by atoms with Crippen LogP contribution in [0, 0.1) is 0 Å². The Kier molecular flexibility index (Phi) is 5.09. The lowest BCUT2D eigenvalue weighted by molar-refractivity contribution is -0.856. The third-order valence-corrected chi connectivity index (χ3v) is 3.66. The number of alkyl halides is 1. The summed E-state index contributed by atoms with van der Waals surface area (Å²) in [6.07, 6.45) is 0. The van der Waals surface area contributed by atoms with E-state index >= 15 is 0 Å². The molecule has 6 heteroatoms. The first-order valence-corrected chi connectivity index (χ1v) is 7.31. The van der Waals surface area contributed by atoms with Crippen LogP contribution < -0.4 is 4.90 Å². The first-order chi connectivity index (χ1) is 10.0. The summed E-state index contributed by atoms with van der Waals surface area (Å²) in [6, 6.07) is 9.36. The summed E-state index contributed by atoms with van der Waals surface area (Å²) in [4.78, 5) is 31.0. The molecule has 0 spiro atoms. The first kappa shape index (κ1) is 15.7. The van der Waals surface area contributed by atoms with Crippen LogP contribution in [0.15, 0.2) is 35.3 Å². The van der Waals surface area contributed by atoms with E-state index in [0.29, 0.717) is 6.54 Å². The summed E-state index contributed by atoms with van der Waals surface area (Å²) in [5, 5.41) is -0.960. The van der Waals surface area contributed by atoms with Gasteiger partial charge < -0.3 is 4.90 Å². The first-order valence-electron chi connectivity index (χ1n) is 6.87. The number of nitrogens with zero attached hydrogens (tertiary/aromatic N) is 2. The number of amides is 2. The molecule has 1 saturated heterocycles. The highest BCUT2D eigenvalue weighted by atomic mass is 35.5. The van der Waals surface area contributed by atoms with Gasteiger partial charge in [-0.3, -0.25) is 19.5 Å². The van der Waals surface area contributed by atoms with Crippen molar-refractivity contribution in [2.45, 2.75) is 11.9 Å². The largest absolute Gasteiger partial charge is 0.338 e. The lowest BCUT2D eigenvalue weighted by Gasteiger charge is -2.12. The highest BCUT2D eigenvalue weighted by Crippen LogP contribution is 2.19. The smallest absolute Gasteiger partial charge is 0.276 e. The highest BCUT2D eigenvalue weighted by Gasteiger charge is 2.43. The fraction of sp³-hybridized carbons (Fsp3) is 0.400. The minimum atomic E-state index is -0.960. The Labute approximate surface area is 129 Å². The number of hydrogen-bond donors (Lipinski definition) is 1. The van der Waals surface area contributed by atoms with E-state index in [9.17, 15) is 9.59 Å². The van der Waals surface area contributed by atoms with Gasteiger partial charge in [0.1, 0.15) is 5.71 Å². The van der Waals surface area contributed by atoms with Crippen molar-refractivity contribution >= 4 is 29.1 Å². The van der Waals surface area contributed by atoms with Crippen LogP contribution in [0.2, 0.25) is 0 Å². The van der Waals surface area contributed by atoms with Gasteiger partial charge in [0.2, 0.25) is 0 Å². The monoisotopic (exact) mass is 308 g/mol. The van der Waals surface area contributed by atoms with Gasteiger partial charge in [0.05, 0.1) is 33.7 Å². The number of quaternary nitrogens is 1. The molecule has 1 atom stereocenters. The molecule has 0 aromatic heterocycles. The summed E-state index contributed by atoms with van der Waals surface area (Å²) in [7, 11) is 4.00. The molecule has 0 saturated carbocycles. The van der Waals surface area contributed by atoms with Crippen LogP contribution in [-0.2, 0) is 16.1 Å². The Bertz CT molecular complexity index is 557. The molecule has 2 amide bonds. The molecule has 1 fully saturated rings. The highest BCUT2D eigenvalue weighted by molar-refractivity contribution is 6.63. The van der Waals surface area contributed by atoms with E-state index in [4.69, 9.17) is 11.6 Å². The normalized spacial score (nSPS) is 20.9. The Morgan fingerprint density at radius 2 is 1.90 bits per heavy atom. The van der Waals surface area contributed by atoms with Gasteiger partial charge in [-0.15, -0.1) is 11.6 Å². The van der Waals surface area contributed by atoms with Crippen molar-refractivity contribution in [2.75, 3.05) is 27.2 Å². The number of hydrogen-bond acceptors (Lipinski definition) is 3. The van der Waals surface area contributed by atoms with Crippen LogP contribution in [0.5, 0.6) is 0 Å². The molecule has 1 aromatic rings. The SMILES string of the molecule is C[NH+](C)CCN=C1C(=O)N(Cc2ccccc2)C(=O)C1Cl. The van der Waals surface area contributed by atoms with Crippen LogP contribution >= 0.6 is 11.6 Å². The molecule has 0 radical (unpaired) electrons. The molecule has 0 bridgehead atoms. The van der Waals surface area contributed by atoms with Crippen LogP contribution in [0.4, 0.5) is 0 Å². The Hall–Kier alpha value is -1.72. The van der Waals surface area contributed by atoms with Gasteiger partial charge >= 0.3 is 0 Å². The number of likely N-dealkylation sites (tertiary alicyclic amines) is 1. The number of imide groups is 1. The van der Waals surface area contributed by atoms with Gasteiger partial charge in [0, 0.05) is 0 Å². The number of halogens is 1. The molecule has 1 aromatic carbocycles. The van der Waals surface area contributed by atoms with Gasteiger partial charge in [-0.2, -0.15) is 0 Å². The topological polar surface area (TPSA) is 54.2 Å². The van der Waals surface area contributed by atoms with Crippen molar-refractivity contribution in [2.24, 2.45) is 4.99 Å². The summed E-state index contributed by atoms with van der Waals surface area (Å²) in [5.41, 5.74) is 1.06. The minimum Gasteiger partial charge on any atom is -0.338 e. The molecule has 112 valence electrons. The average molecular weight is 309 g/mol. The quantitative estimate of drug-likeness (QED) is 0.602. The zero-order valence-corrected chi connectivity index (χ0v) is 12.9. The minimum absolute atomic E-state index is 0.166. The number of carbonyl (C=O) groups is 2. The second kappa shape index (κ2) is 6.83. The lowest BCUT2D eigenvalue weighted by atomic mass is 10.2. The number of carbonyl (C=O) groups excluding carboxylic acids is 2. The van der Waals surface area contributed by atoms with Crippen molar-refractivity contribution in [1.82, 2.24) is 4.90 Å². The Balaban J connectivity index is 2.11. The van der Waals surface area contributed by atoms with Gasteiger partial charge in [0.15, 0.2) is 5.38 Å². The number of nitrogens with one attached hydrogen (secondary N) is 1. The zero-order chi connectivity index (χ0) is 15.4. The maximum Gasteiger partial charge on any atom is 0.276 e. The van der Waals surface area contributed by atoms with Gasteiger partial charge in [0.25, 0.3) is 11.8 Å². The van der Waals surface area contributed by atoms with Crippen molar-refractivity contribution in [3.8, 4) is 0 Å². The maximum absolute atomic E-state index is 12.3. The molecule has 1 heterocycles. The van der Waals surface area contributed by atoms with Gasteiger partial charge in [-0.25, -0.2) is 0 Å². The summed E-state index contributed by atoms with van der Waals surface area (Å²) < 4.78 is 0. The number of rotatable bonds is 5. The molecular formula is C15H19ClN3O2+. The van der Waals surface area contributed by atoms with Crippen molar-refractivity contribution in [3.63, 3.8) is 0 Å². The van der Waals surface area contributed by atoms with E-state index in [2.05, 4.69) is 4.99 Å². The fourth-order valence-corrected chi connectivity index (χ4v) is 2.34. The van der Waals surface area contributed by atoms with E-state index in [0.717, 1.165) is 12.1 Å². The van der Waals surface area contributed by atoms with Crippen molar-refractivity contribution in [1.29, 1.82) is 0 Å². The molecular weight excluding hydrogens is 290 g/mol. The second-order valence-electron chi connectivity index (χ2n) is 5.30. The predicted octanol–water partition coefficient (Wildman–Crippen LogP) is -0.252. The van der Waals surface area contributed by atoms with Crippen LogP contribution in [0.1, 0.15) is 5.56 Å². The molecule has 21 heavy (non-hydrogen) atoms. The fourth-order valence-electron chi connectivity index (χ4n) is 2.06. The van der Waals surface area contributed by atoms with Crippen molar-refractivity contribution in [3.05, 3.63) is 35.9 Å². The molecule has 5 nitrogen and oxygen atoms in total. The number of benzene rings is 1. The predicted molar refractivity (Wildman–Crippen MR) is 81.6 cm³/mol. The van der Waals surface area contributed by atoms with E-state index in [-0.39, 0.29) is 24.1 Å². The zero-order valence-electron chi connectivity index (χ0n) is 12.2. The lowest BCUT2D eigenvalue weighted by Crippen LogP contribution is -3.06. The Morgan fingerprint density at radius 3 is 2.52 bits per heavy atom. The van der Waals surface area contributed by atoms with Crippen LogP contribution in [-0.4, -0.2) is 55.0 Å². The number of aliphatic imine (C=N–C) groups is 1. The molecule has 1 unspecified atom stereocenters. The molecule has 2 rings (SSSR count). The third kappa shape index (κ3) is 3.68.